The summed E-state index contributed by atoms with van der Waals surface area (Å²) in [5, 5.41) is 13.3. The van der Waals surface area contributed by atoms with E-state index in [9.17, 15) is 9.90 Å². The largest absolute Gasteiger partial charge is 0.478 e. The van der Waals surface area contributed by atoms with Crippen molar-refractivity contribution in [3.05, 3.63) is 35.7 Å². The Labute approximate surface area is 123 Å². The van der Waals surface area contributed by atoms with E-state index in [4.69, 9.17) is 4.52 Å². The minimum Gasteiger partial charge on any atom is -0.478 e. The minimum absolute atomic E-state index is 0.186. The van der Waals surface area contributed by atoms with Crippen molar-refractivity contribution >= 4 is 5.97 Å². The lowest BCUT2D eigenvalue weighted by molar-refractivity contribution is 0.0697. The molecule has 0 radical (unpaired) electrons. The maximum atomic E-state index is 11.3. The molecule has 0 bridgehead atoms. The highest BCUT2D eigenvalue weighted by Crippen LogP contribution is 2.39. The highest BCUT2D eigenvalue weighted by atomic mass is 16.5. The van der Waals surface area contributed by atoms with Gasteiger partial charge < -0.3 is 9.63 Å². The number of rotatable bonds is 4. The van der Waals surface area contributed by atoms with E-state index >= 15 is 0 Å². The zero-order chi connectivity index (χ0) is 14.8. The molecule has 1 aromatic carbocycles. The van der Waals surface area contributed by atoms with E-state index in [0.29, 0.717) is 23.2 Å². The first-order valence-corrected chi connectivity index (χ1v) is 7.35. The molecule has 5 nitrogen and oxygen atoms in total. The molecule has 2 aromatic rings. The van der Waals surface area contributed by atoms with Gasteiger partial charge in [0, 0.05) is 5.92 Å². The van der Waals surface area contributed by atoms with Gasteiger partial charge in [-0.25, -0.2) is 4.79 Å². The van der Waals surface area contributed by atoms with Gasteiger partial charge in [-0.05, 0) is 37.3 Å². The maximum Gasteiger partial charge on any atom is 0.336 e. The van der Waals surface area contributed by atoms with Crippen LogP contribution in [0.15, 0.2) is 28.8 Å². The average Bonchev–Trinajstić information content (AvgIpc) is 3.16. The van der Waals surface area contributed by atoms with Crippen LogP contribution in [0.5, 0.6) is 0 Å². The van der Waals surface area contributed by atoms with Gasteiger partial charge in [0.1, 0.15) is 0 Å². The molecule has 1 aliphatic carbocycles. The number of carboxylic acid groups (broad SMARTS) is 1. The van der Waals surface area contributed by atoms with E-state index in [1.165, 1.54) is 12.8 Å². The number of benzene rings is 1. The van der Waals surface area contributed by atoms with Gasteiger partial charge >= 0.3 is 5.97 Å². The molecule has 0 saturated heterocycles. The van der Waals surface area contributed by atoms with E-state index in [1.807, 2.05) is 0 Å². The monoisotopic (exact) mass is 286 g/mol. The minimum atomic E-state index is -0.989. The smallest absolute Gasteiger partial charge is 0.336 e. The molecule has 110 valence electrons. The van der Waals surface area contributed by atoms with Crippen LogP contribution in [0.4, 0.5) is 0 Å². The fourth-order valence-electron chi connectivity index (χ4n) is 3.05. The molecular weight excluding hydrogens is 268 g/mol. The zero-order valence-corrected chi connectivity index (χ0v) is 12.0. The molecule has 3 rings (SSSR count). The van der Waals surface area contributed by atoms with Gasteiger partial charge in [0.2, 0.25) is 0 Å². The Morgan fingerprint density at radius 3 is 2.90 bits per heavy atom. The van der Waals surface area contributed by atoms with Crippen molar-refractivity contribution in [1.29, 1.82) is 0 Å². The second-order valence-electron chi connectivity index (χ2n) is 5.59. The summed E-state index contributed by atoms with van der Waals surface area (Å²) in [7, 11) is 0. The first-order valence-electron chi connectivity index (χ1n) is 7.35. The topological polar surface area (TPSA) is 76.2 Å². The third-order valence-corrected chi connectivity index (χ3v) is 4.31. The average molecular weight is 286 g/mol. The van der Waals surface area contributed by atoms with Gasteiger partial charge in [0.25, 0.3) is 5.89 Å². The second kappa shape index (κ2) is 5.68. The van der Waals surface area contributed by atoms with Crippen LogP contribution in [0.25, 0.3) is 11.5 Å². The standard InChI is InChI=1S/C16H18N2O3/c1-2-10-7-8-11(9-10)14-17-15(21-18-14)12-5-3-4-6-13(12)16(19)20/h3-6,10-11H,2,7-9H2,1H3,(H,19,20). The molecule has 1 N–H and O–H groups in total. The molecular formula is C16H18N2O3. The first kappa shape index (κ1) is 13.8. The van der Waals surface area contributed by atoms with Crippen LogP contribution >= 0.6 is 0 Å². The summed E-state index contributed by atoms with van der Waals surface area (Å²) in [6.45, 7) is 2.21. The van der Waals surface area contributed by atoms with Crippen molar-refractivity contribution in [2.24, 2.45) is 5.92 Å². The summed E-state index contributed by atoms with van der Waals surface area (Å²) in [5.41, 5.74) is 0.666. The predicted octanol–water partition coefficient (Wildman–Crippen LogP) is 3.73. The van der Waals surface area contributed by atoms with E-state index in [1.54, 1.807) is 24.3 Å². The Morgan fingerprint density at radius 2 is 2.19 bits per heavy atom. The maximum absolute atomic E-state index is 11.3. The normalized spacial score (nSPS) is 21.6. The van der Waals surface area contributed by atoms with Crippen molar-refractivity contribution in [3.8, 4) is 11.5 Å². The molecule has 2 unspecified atom stereocenters. The van der Waals surface area contributed by atoms with Crippen LogP contribution in [0.1, 0.15) is 54.7 Å². The number of carbonyl (C=O) groups is 1. The van der Waals surface area contributed by atoms with Crippen LogP contribution in [-0.2, 0) is 0 Å². The number of aromatic carboxylic acids is 1. The molecule has 0 aliphatic heterocycles. The first-order chi connectivity index (χ1) is 10.2. The van der Waals surface area contributed by atoms with Crippen LogP contribution in [0.2, 0.25) is 0 Å². The third-order valence-electron chi connectivity index (χ3n) is 4.31. The van der Waals surface area contributed by atoms with Crippen LogP contribution in [0, 0.1) is 5.92 Å². The van der Waals surface area contributed by atoms with E-state index in [-0.39, 0.29) is 5.56 Å². The highest BCUT2D eigenvalue weighted by Gasteiger charge is 2.29. The summed E-state index contributed by atoms with van der Waals surface area (Å²) in [6, 6.07) is 6.70. The molecule has 5 heteroatoms. The summed E-state index contributed by atoms with van der Waals surface area (Å²) < 4.78 is 5.30. The summed E-state index contributed by atoms with van der Waals surface area (Å²) in [5.74, 6) is 1.09. The highest BCUT2D eigenvalue weighted by molar-refractivity contribution is 5.94. The Hall–Kier alpha value is -2.17. The number of nitrogens with zero attached hydrogens (tertiary/aromatic N) is 2. The molecule has 1 heterocycles. The fourth-order valence-corrected chi connectivity index (χ4v) is 3.05. The van der Waals surface area contributed by atoms with Crippen molar-refractivity contribution < 1.29 is 14.4 Å². The SMILES string of the molecule is CCC1CCC(c2noc(-c3ccccc3C(=O)O)n2)C1. The molecule has 0 amide bonds. The van der Waals surface area contributed by atoms with Gasteiger partial charge in [-0.15, -0.1) is 0 Å². The van der Waals surface area contributed by atoms with Crippen molar-refractivity contribution in [1.82, 2.24) is 10.1 Å². The lowest BCUT2D eigenvalue weighted by Crippen LogP contribution is -2.00. The molecule has 0 spiro atoms. The number of hydrogen-bond donors (Lipinski definition) is 1. The second-order valence-corrected chi connectivity index (χ2v) is 5.59. The molecule has 1 aliphatic rings. The van der Waals surface area contributed by atoms with E-state index < -0.39 is 5.97 Å². The van der Waals surface area contributed by atoms with Gasteiger partial charge in [-0.3, -0.25) is 0 Å². The van der Waals surface area contributed by atoms with Crippen LogP contribution < -0.4 is 0 Å². The summed E-state index contributed by atoms with van der Waals surface area (Å²) in [4.78, 5) is 15.7. The van der Waals surface area contributed by atoms with Crippen molar-refractivity contribution in [2.75, 3.05) is 0 Å². The molecule has 1 aromatic heterocycles. The molecule has 1 fully saturated rings. The Kier molecular flexibility index (Phi) is 3.73. The van der Waals surface area contributed by atoms with Gasteiger partial charge in [-0.2, -0.15) is 4.98 Å². The Bertz CT molecular complexity index is 650. The quantitative estimate of drug-likeness (QED) is 0.926. The Morgan fingerprint density at radius 1 is 1.38 bits per heavy atom. The fraction of sp³-hybridized carbons (Fsp3) is 0.438. The molecule has 1 saturated carbocycles. The molecule has 21 heavy (non-hydrogen) atoms. The summed E-state index contributed by atoms with van der Waals surface area (Å²) >= 11 is 0. The van der Waals surface area contributed by atoms with E-state index in [2.05, 4.69) is 17.1 Å². The zero-order valence-electron chi connectivity index (χ0n) is 12.0. The predicted molar refractivity (Wildman–Crippen MR) is 77.1 cm³/mol. The summed E-state index contributed by atoms with van der Waals surface area (Å²) in [6.07, 6.45) is 4.56. The van der Waals surface area contributed by atoms with Crippen LogP contribution in [0.3, 0.4) is 0 Å². The Balaban J connectivity index is 1.87. The van der Waals surface area contributed by atoms with Gasteiger partial charge in [0.05, 0.1) is 11.1 Å². The number of aromatic nitrogens is 2. The van der Waals surface area contributed by atoms with Gasteiger partial charge in [-0.1, -0.05) is 30.6 Å². The molecule has 2 atom stereocenters. The van der Waals surface area contributed by atoms with Gasteiger partial charge in [0.15, 0.2) is 5.82 Å². The van der Waals surface area contributed by atoms with Crippen LogP contribution in [-0.4, -0.2) is 21.2 Å². The third kappa shape index (κ3) is 2.68. The number of carboxylic acids is 1. The lowest BCUT2D eigenvalue weighted by Gasteiger charge is -2.04. The van der Waals surface area contributed by atoms with E-state index in [0.717, 1.165) is 18.8 Å². The number of hydrogen-bond acceptors (Lipinski definition) is 4. The van der Waals surface area contributed by atoms with Crippen molar-refractivity contribution in [3.63, 3.8) is 0 Å². The lowest BCUT2D eigenvalue weighted by atomic mass is 10.0. The van der Waals surface area contributed by atoms with Crippen molar-refractivity contribution in [2.45, 2.75) is 38.5 Å².